The average Bonchev–Trinajstić information content (AvgIpc) is 2.70. The Balaban J connectivity index is 1.50. The predicted molar refractivity (Wildman–Crippen MR) is 93.6 cm³/mol. The molecule has 0 bridgehead atoms. The molecule has 0 amide bonds. The van der Waals surface area contributed by atoms with E-state index < -0.39 is 0 Å². The lowest BCUT2D eigenvalue weighted by molar-refractivity contribution is 0.494. The van der Waals surface area contributed by atoms with Gasteiger partial charge in [0.15, 0.2) is 0 Å². The van der Waals surface area contributed by atoms with Crippen LogP contribution in [-0.4, -0.2) is 43.0 Å². The van der Waals surface area contributed by atoms with Gasteiger partial charge in [0, 0.05) is 50.0 Å². The van der Waals surface area contributed by atoms with Gasteiger partial charge in [-0.2, -0.15) is 0 Å². The summed E-state index contributed by atoms with van der Waals surface area (Å²) in [5, 5.41) is 3.14. The van der Waals surface area contributed by atoms with Crippen molar-refractivity contribution in [3.05, 3.63) is 55.1 Å². The first-order valence-corrected chi connectivity index (χ1v) is 8.25. The van der Waals surface area contributed by atoms with Gasteiger partial charge in [0.1, 0.15) is 11.6 Å². The molecule has 0 radical (unpaired) electrons. The molecule has 8 heteroatoms. The first kappa shape index (κ1) is 15.4. The number of aromatic nitrogens is 6. The fourth-order valence-corrected chi connectivity index (χ4v) is 2.99. The van der Waals surface area contributed by atoms with Gasteiger partial charge in [0.05, 0.1) is 18.1 Å². The Labute approximate surface area is 145 Å². The summed E-state index contributed by atoms with van der Waals surface area (Å²) in [5.41, 5.74) is 0.967. The molecule has 0 aliphatic carbocycles. The Morgan fingerprint density at radius 3 is 2.64 bits per heavy atom. The van der Waals surface area contributed by atoms with Crippen molar-refractivity contribution in [1.29, 1.82) is 0 Å². The predicted octanol–water partition coefficient (Wildman–Crippen LogP) is 2.18. The smallest absolute Gasteiger partial charge is 0.225 e. The third kappa shape index (κ3) is 3.68. The van der Waals surface area contributed by atoms with E-state index in [0.717, 1.165) is 37.6 Å². The summed E-state index contributed by atoms with van der Waals surface area (Å²) in [4.78, 5) is 28.2. The largest absolute Gasteiger partial charge is 0.340 e. The standard InChI is InChI=1S/C17H18N8/c1-3-13(12-25(8-1)17-21-4-2-5-22-17)14-9-19-11-16(23-14)24-15-10-18-6-7-20-15/h2,4-7,9-11,13H,1,3,8,12H2,(H,20,23,24)/t13-/m0/s1. The van der Waals surface area contributed by atoms with Gasteiger partial charge in [-0.05, 0) is 18.9 Å². The Morgan fingerprint density at radius 1 is 0.920 bits per heavy atom. The molecule has 1 saturated heterocycles. The molecule has 1 fully saturated rings. The van der Waals surface area contributed by atoms with Crippen molar-refractivity contribution in [2.24, 2.45) is 0 Å². The molecule has 3 aromatic rings. The van der Waals surface area contributed by atoms with Crippen LogP contribution in [0.15, 0.2) is 49.4 Å². The zero-order valence-corrected chi connectivity index (χ0v) is 13.7. The third-order valence-electron chi connectivity index (χ3n) is 4.15. The first-order valence-electron chi connectivity index (χ1n) is 8.25. The number of nitrogens with one attached hydrogen (secondary N) is 1. The van der Waals surface area contributed by atoms with Gasteiger partial charge in [-0.1, -0.05) is 0 Å². The van der Waals surface area contributed by atoms with Crippen LogP contribution in [0.4, 0.5) is 17.6 Å². The van der Waals surface area contributed by atoms with Crippen molar-refractivity contribution < 1.29 is 0 Å². The summed E-state index contributed by atoms with van der Waals surface area (Å²) in [6.07, 6.45) is 14.2. The van der Waals surface area contributed by atoms with Crippen LogP contribution in [0.5, 0.6) is 0 Å². The summed E-state index contributed by atoms with van der Waals surface area (Å²) >= 11 is 0. The zero-order valence-electron chi connectivity index (χ0n) is 13.7. The molecule has 25 heavy (non-hydrogen) atoms. The highest BCUT2D eigenvalue weighted by atomic mass is 15.3. The van der Waals surface area contributed by atoms with Gasteiger partial charge >= 0.3 is 0 Å². The molecule has 0 saturated carbocycles. The minimum absolute atomic E-state index is 0.300. The van der Waals surface area contributed by atoms with E-state index in [1.165, 1.54) is 0 Å². The van der Waals surface area contributed by atoms with E-state index in [4.69, 9.17) is 4.98 Å². The third-order valence-corrected chi connectivity index (χ3v) is 4.15. The highest BCUT2D eigenvalue weighted by molar-refractivity contribution is 5.49. The molecular weight excluding hydrogens is 316 g/mol. The van der Waals surface area contributed by atoms with Crippen LogP contribution in [-0.2, 0) is 0 Å². The summed E-state index contributed by atoms with van der Waals surface area (Å²) in [6, 6.07) is 1.83. The van der Waals surface area contributed by atoms with Crippen molar-refractivity contribution >= 4 is 17.6 Å². The van der Waals surface area contributed by atoms with Gasteiger partial charge in [-0.15, -0.1) is 0 Å². The lowest BCUT2D eigenvalue weighted by Crippen LogP contribution is -2.35. The molecule has 4 heterocycles. The minimum atomic E-state index is 0.300. The Kier molecular flexibility index (Phi) is 4.40. The van der Waals surface area contributed by atoms with Crippen molar-refractivity contribution in [1.82, 2.24) is 29.9 Å². The van der Waals surface area contributed by atoms with E-state index in [9.17, 15) is 0 Å². The highest BCUT2D eigenvalue weighted by Gasteiger charge is 2.24. The van der Waals surface area contributed by atoms with Crippen LogP contribution in [0.3, 0.4) is 0 Å². The molecule has 1 aliphatic heterocycles. The molecule has 1 N–H and O–H groups in total. The fourth-order valence-electron chi connectivity index (χ4n) is 2.99. The monoisotopic (exact) mass is 334 g/mol. The molecule has 1 aliphatic rings. The molecule has 126 valence electrons. The number of nitrogens with zero attached hydrogens (tertiary/aromatic N) is 7. The van der Waals surface area contributed by atoms with Gasteiger partial charge < -0.3 is 10.2 Å². The number of rotatable bonds is 4. The quantitative estimate of drug-likeness (QED) is 0.776. The molecule has 0 spiro atoms. The summed E-state index contributed by atoms with van der Waals surface area (Å²) in [7, 11) is 0. The van der Waals surface area contributed by atoms with Gasteiger partial charge in [-0.3, -0.25) is 9.97 Å². The highest BCUT2D eigenvalue weighted by Crippen LogP contribution is 2.27. The van der Waals surface area contributed by atoms with Crippen molar-refractivity contribution in [2.45, 2.75) is 18.8 Å². The summed E-state index contributed by atoms with van der Waals surface area (Å²) in [5.74, 6) is 2.39. The van der Waals surface area contributed by atoms with Crippen LogP contribution >= 0.6 is 0 Å². The van der Waals surface area contributed by atoms with Crippen LogP contribution in [0.25, 0.3) is 0 Å². The summed E-state index contributed by atoms with van der Waals surface area (Å²) in [6.45, 7) is 1.80. The molecular formula is C17H18N8. The SMILES string of the molecule is c1cnc(N2CCC[C@H](c3cncc(Nc4cnccn4)n3)C2)nc1. The van der Waals surface area contributed by atoms with Gasteiger partial charge in [0.25, 0.3) is 0 Å². The summed E-state index contributed by atoms with van der Waals surface area (Å²) < 4.78 is 0. The van der Waals surface area contributed by atoms with E-state index in [-0.39, 0.29) is 0 Å². The van der Waals surface area contributed by atoms with E-state index >= 15 is 0 Å². The van der Waals surface area contributed by atoms with E-state index in [1.54, 1.807) is 37.2 Å². The number of piperidine rings is 1. The number of hydrogen-bond acceptors (Lipinski definition) is 8. The van der Waals surface area contributed by atoms with Crippen LogP contribution in [0, 0.1) is 0 Å². The maximum Gasteiger partial charge on any atom is 0.225 e. The lowest BCUT2D eigenvalue weighted by atomic mass is 9.95. The first-order chi connectivity index (χ1) is 12.4. The Morgan fingerprint density at radius 2 is 1.80 bits per heavy atom. The lowest BCUT2D eigenvalue weighted by Gasteiger charge is -2.32. The van der Waals surface area contributed by atoms with E-state index in [2.05, 4.69) is 35.1 Å². The van der Waals surface area contributed by atoms with Gasteiger partial charge in [-0.25, -0.2) is 19.9 Å². The normalized spacial score (nSPS) is 17.3. The van der Waals surface area contributed by atoms with Crippen molar-refractivity contribution in [3.8, 4) is 0 Å². The van der Waals surface area contributed by atoms with Crippen LogP contribution < -0.4 is 10.2 Å². The van der Waals surface area contributed by atoms with E-state index in [1.807, 2.05) is 12.3 Å². The number of hydrogen-bond donors (Lipinski definition) is 1. The topological polar surface area (TPSA) is 92.6 Å². The van der Waals surface area contributed by atoms with E-state index in [0.29, 0.717) is 17.6 Å². The maximum absolute atomic E-state index is 4.71. The molecule has 4 rings (SSSR count). The molecule has 3 aromatic heterocycles. The van der Waals surface area contributed by atoms with Crippen molar-refractivity contribution in [2.75, 3.05) is 23.3 Å². The Bertz CT molecular complexity index is 811. The molecule has 8 nitrogen and oxygen atoms in total. The molecule has 0 unspecified atom stereocenters. The molecule has 0 aromatic carbocycles. The van der Waals surface area contributed by atoms with Gasteiger partial charge in [0.2, 0.25) is 5.95 Å². The van der Waals surface area contributed by atoms with Crippen LogP contribution in [0.2, 0.25) is 0 Å². The molecule has 1 atom stereocenters. The Hall–Kier alpha value is -3.16. The minimum Gasteiger partial charge on any atom is -0.340 e. The second-order valence-electron chi connectivity index (χ2n) is 5.88. The van der Waals surface area contributed by atoms with Crippen molar-refractivity contribution in [3.63, 3.8) is 0 Å². The average molecular weight is 334 g/mol. The second-order valence-corrected chi connectivity index (χ2v) is 5.88. The zero-order chi connectivity index (χ0) is 16.9. The second kappa shape index (κ2) is 7.16. The van der Waals surface area contributed by atoms with Crippen LogP contribution in [0.1, 0.15) is 24.5 Å². The maximum atomic E-state index is 4.71. The number of anilines is 3. The fraction of sp³-hybridized carbons (Fsp3) is 0.294.